The number of nitrogens with one attached hydrogen (secondary N) is 3. The molecular weight excluding hydrogens is 662 g/mol. The van der Waals surface area contributed by atoms with Crippen LogP contribution in [0, 0.1) is 6.92 Å². The average Bonchev–Trinajstić information content (AvgIpc) is 2.76. The Hall–Kier alpha value is -1.63. The molecule has 2 amide bonds. The summed E-state index contributed by atoms with van der Waals surface area (Å²) in [5.74, 6) is 0. The summed E-state index contributed by atoms with van der Waals surface area (Å²) in [5.41, 5.74) is 2.36. The van der Waals surface area contributed by atoms with Crippen LogP contribution in [0.1, 0.15) is 116 Å². The van der Waals surface area contributed by atoms with Gasteiger partial charge in [-0.05, 0) is 135 Å². The van der Waals surface area contributed by atoms with Crippen LogP contribution in [0.3, 0.4) is 0 Å². The van der Waals surface area contributed by atoms with Gasteiger partial charge in [0.25, 0.3) is 0 Å². The summed E-state index contributed by atoms with van der Waals surface area (Å²) >= 11 is 0. The lowest BCUT2D eigenvalue weighted by molar-refractivity contribution is 0.0640. The largest absolute Gasteiger partial charge is 0.744 e. The molecule has 0 spiro atoms. The van der Waals surface area contributed by atoms with E-state index in [0.29, 0.717) is 0 Å². The monoisotopic (exact) mass is 722 g/mol. The van der Waals surface area contributed by atoms with Gasteiger partial charge in [0.15, 0.2) is 8.37 Å². The highest BCUT2D eigenvalue weighted by atomic mass is 32.2. The summed E-state index contributed by atoms with van der Waals surface area (Å²) in [6.45, 7) is 34.3. The molecule has 0 atom stereocenters. The van der Waals surface area contributed by atoms with Crippen LogP contribution < -0.4 is 15.6 Å². The third-order valence-corrected chi connectivity index (χ3v) is 15.8. The van der Waals surface area contributed by atoms with Crippen molar-refractivity contribution in [3.8, 4) is 0 Å². The van der Waals surface area contributed by atoms with Gasteiger partial charge in [0.05, 0.1) is 28.2 Å². The van der Waals surface area contributed by atoms with Crippen LogP contribution in [0.15, 0.2) is 29.2 Å². The lowest BCUT2D eigenvalue weighted by Gasteiger charge is -2.65. The number of ether oxygens (including phenoxy) is 2. The molecule has 47 heavy (non-hydrogen) atoms. The zero-order valence-electron chi connectivity index (χ0n) is 31.5. The van der Waals surface area contributed by atoms with Crippen LogP contribution >= 0.6 is 16.2 Å². The number of carbonyl (C=O) groups is 2. The predicted molar refractivity (Wildman–Crippen MR) is 190 cm³/mol. The number of hydrogen-bond acceptors (Lipinski definition) is 11. The Labute approximate surface area is 286 Å². The molecular formula is C31H60N6O7P2S. The molecule has 0 aromatic heterocycles. The van der Waals surface area contributed by atoms with Gasteiger partial charge in [-0.3, -0.25) is 5.09 Å². The number of amides is 2. The normalized spacial score (nSPS) is 19.9. The van der Waals surface area contributed by atoms with Gasteiger partial charge in [-0.25, -0.2) is 18.0 Å². The fourth-order valence-corrected chi connectivity index (χ4v) is 14.2. The predicted octanol–water partition coefficient (Wildman–Crippen LogP) is 7.68. The van der Waals surface area contributed by atoms with Crippen LogP contribution in [0.5, 0.6) is 0 Å². The Balaban J connectivity index is 0.000000841. The number of rotatable bonds is 6. The Kier molecular flexibility index (Phi) is 14.3. The van der Waals surface area contributed by atoms with Crippen molar-refractivity contribution in [2.24, 2.45) is 0 Å². The molecule has 16 heteroatoms. The molecule has 1 saturated heterocycles. The smallest absolute Gasteiger partial charge is 0.466 e. The van der Waals surface area contributed by atoms with Crippen LogP contribution in [0.4, 0.5) is 9.59 Å². The fourth-order valence-electron chi connectivity index (χ4n) is 4.44. The zero-order valence-corrected chi connectivity index (χ0v) is 34.1. The molecule has 0 saturated carbocycles. The molecule has 1 fully saturated rings. The number of benzene rings is 1. The molecule has 1 aromatic carbocycles. The Morgan fingerprint density at radius 3 is 1.55 bits per heavy atom. The van der Waals surface area contributed by atoms with Crippen molar-refractivity contribution < 1.29 is 32.0 Å². The van der Waals surface area contributed by atoms with Crippen molar-refractivity contribution in [1.29, 1.82) is 0 Å². The molecule has 272 valence electrons. The van der Waals surface area contributed by atoms with E-state index in [1.54, 1.807) is 39.8 Å². The van der Waals surface area contributed by atoms with Gasteiger partial charge in [0.1, 0.15) is 10.1 Å². The van der Waals surface area contributed by atoms with E-state index in [-0.39, 0.29) is 33.7 Å². The molecule has 1 aromatic rings. The second kappa shape index (κ2) is 15.5. The molecule has 0 unspecified atom stereocenters. The molecule has 3 N–H and O–H groups in total. The first kappa shape index (κ1) is 43.4. The maximum Gasteiger partial charge on any atom is 0.466 e. The lowest BCUT2D eigenvalue weighted by Crippen LogP contribution is -2.72. The summed E-state index contributed by atoms with van der Waals surface area (Å²) < 4.78 is 48.4. The van der Waals surface area contributed by atoms with Crippen LogP contribution in [-0.4, -0.2) is 73.2 Å². The van der Waals surface area contributed by atoms with Gasteiger partial charge in [-0.2, -0.15) is 5.43 Å². The third kappa shape index (κ3) is 12.6. The van der Waals surface area contributed by atoms with E-state index in [1.807, 2.05) is 6.92 Å². The SMILES string of the molecule is CC(C)OC(=O)NN(C(=O)OC(C)C)[P+]1(NC(C)(C)C)N(C(C)(C)C)P(NC(C)(C)C)N1C(C)(C)C.Cc1ccc(S(=O)(=O)[O-])cc1. The van der Waals surface area contributed by atoms with E-state index in [9.17, 15) is 22.6 Å². The molecule has 13 nitrogen and oxygen atoms in total. The highest BCUT2D eigenvalue weighted by Gasteiger charge is 2.81. The van der Waals surface area contributed by atoms with Gasteiger partial charge in [-0.15, -0.1) is 5.09 Å². The summed E-state index contributed by atoms with van der Waals surface area (Å²) in [4.78, 5) is 26.6. The van der Waals surface area contributed by atoms with Crippen LogP contribution in [0.2, 0.25) is 0 Å². The second-order valence-electron chi connectivity index (χ2n) is 16.1. The first-order valence-corrected chi connectivity index (χ1v) is 20.0. The molecule has 0 aliphatic carbocycles. The zero-order chi connectivity index (χ0) is 37.1. The van der Waals surface area contributed by atoms with Crippen molar-refractivity contribution >= 4 is 38.5 Å². The number of aryl methyl sites for hydroxylation is 1. The van der Waals surface area contributed by atoms with Crippen molar-refractivity contribution in [3.63, 3.8) is 0 Å². The standard InChI is InChI=1S/C24H52N6O4P2.C7H8O3S/c1-17(2)33-19(31)25-28(20(32)34-18(3)4)36(27-22(8,9)10)29(23(11,12)13)35(26-21(5,6)7)30(36)24(14,15)16;1-6-2-4-7(5-3-6)11(8,9)10/h17-18,26-27H,1-16H3;2-5H,1H3,(H,8,9,10). The van der Waals surface area contributed by atoms with Crippen molar-refractivity contribution in [2.75, 3.05) is 0 Å². The highest BCUT2D eigenvalue weighted by Crippen LogP contribution is 2.90. The Bertz CT molecular complexity index is 1290. The van der Waals surface area contributed by atoms with E-state index >= 15 is 0 Å². The maximum absolute atomic E-state index is 13.8. The Morgan fingerprint density at radius 2 is 1.23 bits per heavy atom. The van der Waals surface area contributed by atoms with E-state index in [2.05, 4.69) is 108 Å². The van der Waals surface area contributed by atoms with Gasteiger partial charge in [0, 0.05) is 11.1 Å². The van der Waals surface area contributed by atoms with Crippen molar-refractivity contribution in [1.82, 2.24) is 29.3 Å². The summed E-state index contributed by atoms with van der Waals surface area (Å²) in [6, 6.07) is 5.78. The third-order valence-electron chi connectivity index (χ3n) is 5.65. The lowest BCUT2D eigenvalue weighted by atomic mass is 10.1. The van der Waals surface area contributed by atoms with Gasteiger partial charge in [-0.1, -0.05) is 26.6 Å². The van der Waals surface area contributed by atoms with Gasteiger partial charge in [0.2, 0.25) is 0 Å². The minimum absolute atomic E-state index is 0.178. The second-order valence-corrected chi connectivity index (χ2v) is 22.3. The summed E-state index contributed by atoms with van der Waals surface area (Å²) in [5, 5.41) is 7.62. The summed E-state index contributed by atoms with van der Waals surface area (Å²) in [6.07, 6.45) is -2.07. The van der Waals surface area contributed by atoms with Crippen molar-refractivity contribution in [3.05, 3.63) is 29.8 Å². The van der Waals surface area contributed by atoms with Crippen molar-refractivity contribution in [2.45, 2.75) is 157 Å². The first-order chi connectivity index (χ1) is 20.8. The molecule has 2 rings (SSSR count). The van der Waals surface area contributed by atoms with E-state index in [1.165, 1.54) is 16.9 Å². The number of carbonyl (C=O) groups excluding carboxylic acids is 2. The quantitative estimate of drug-likeness (QED) is 0.150. The minimum atomic E-state index is -4.27. The number of nitrogens with zero attached hydrogens (tertiary/aromatic N) is 3. The van der Waals surface area contributed by atoms with E-state index in [4.69, 9.17) is 9.47 Å². The molecule has 1 aliphatic heterocycles. The molecule has 0 radical (unpaired) electrons. The molecule has 1 aliphatic rings. The highest BCUT2D eigenvalue weighted by molar-refractivity contribution is 7.89. The van der Waals surface area contributed by atoms with Crippen LogP contribution in [-0.2, 0) is 19.6 Å². The van der Waals surface area contributed by atoms with Gasteiger partial charge < -0.3 is 14.0 Å². The average molecular weight is 723 g/mol. The molecule has 0 bridgehead atoms. The Morgan fingerprint density at radius 1 is 0.809 bits per heavy atom. The first-order valence-electron chi connectivity index (χ1n) is 15.7. The van der Waals surface area contributed by atoms with Crippen LogP contribution in [0.25, 0.3) is 0 Å². The topological polar surface area (TPSA) is 156 Å². The fraction of sp³-hybridized carbons (Fsp3) is 0.742. The summed E-state index contributed by atoms with van der Waals surface area (Å²) in [7, 11) is -8.34. The van der Waals surface area contributed by atoms with E-state index < -0.39 is 44.1 Å². The van der Waals surface area contributed by atoms with Gasteiger partial charge >= 0.3 is 20.1 Å². The van der Waals surface area contributed by atoms with E-state index in [0.717, 1.165) is 5.56 Å². The number of hydrogen-bond donors (Lipinski definition) is 3. The minimum Gasteiger partial charge on any atom is -0.744 e. The maximum atomic E-state index is 13.8. The molecule has 1 heterocycles. The number of hydrazine groups is 1.